The van der Waals surface area contributed by atoms with Gasteiger partial charge in [0.15, 0.2) is 0 Å². The zero-order chi connectivity index (χ0) is 16.3. The van der Waals surface area contributed by atoms with Crippen LogP contribution in [-0.4, -0.2) is 29.8 Å². The van der Waals surface area contributed by atoms with Gasteiger partial charge in [0.05, 0.1) is 5.41 Å². The Labute approximate surface area is 130 Å². The Balaban J connectivity index is 1.90. The molecule has 1 fully saturated rings. The van der Waals surface area contributed by atoms with Crippen molar-refractivity contribution in [1.29, 1.82) is 0 Å². The minimum Gasteiger partial charge on any atom is -0.369 e. The molecule has 1 aliphatic rings. The molecule has 0 spiro atoms. The van der Waals surface area contributed by atoms with Gasteiger partial charge in [-0.2, -0.15) is 0 Å². The number of hydrogen-bond donors (Lipinski definition) is 1. The van der Waals surface area contributed by atoms with E-state index in [0.29, 0.717) is 19.0 Å². The number of primary amides is 1. The summed E-state index contributed by atoms with van der Waals surface area (Å²) in [5.74, 6) is -0.359. The van der Waals surface area contributed by atoms with Crippen molar-refractivity contribution in [3.63, 3.8) is 0 Å². The SMILES string of the molecule is CC(C)(CC(=O)N1CCC(c2ccc(F)cc2)CC1)C(N)=O. The van der Waals surface area contributed by atoms with Crippen LogP contribution in [0.3, 0.4) is 0 Å². The number of piperidine rings is 1. The van der Waals surface area contributed by atoms with Crippen LogP contribution < -0.4 is 5.73 Å². The molecule has 0 bridgehead atoms. The Kier molecular flexibility index (Phi) is 4.84. The third-order valence-corrected chi connectivity index (χ3v) is 4.45. The maximum atomic E-state index is 13.0. The maximum Gasteiger partial charge on any atom is 0.223 e. The lowest BCUT2D eigenvalue weighted by molar-refractivity contribution is -0.139. The molecule has 0 aromatic heterocycles. The summed E-state index contributed by atoms with van der Waals surface area (Å²) >= 11 is 0. The lowest BCUT2D eigenvalue weighted by atomic mass is 9.86. The minimum atomic E-state index is -0.815. The maximum absolute atomic E-state index is 13.0. The van der Waals surface area contributed by atoms with Crippen molar-refractivity contribution >= 4 is 11.8 Å². The number of nitrogens with two attached hydrogens (primary N) is 1. The van der Waals surface area contributed by atoms with Crippen molar-refractivity contribution in [2.45, 2.75) is 39.0 Å². The number of nitrogens with zero attached hydrogens (tertiary/aromatic N) is 1. The van der Waals surface area contributed by atoms with Gasteiger partial charge < -0.3 is 10.6 Å². The number of carbonyl (C=O) groups excluding carboxylic acids is 2. The second-order valence-electron chi connectivity index (χ2n) is 6.63. The monoisotopic (exact) mass is 306 g/mol. The van der Waals surface area contributed by atoms with Crippen LogP contribution in [-0.2, 0) is 9.59 Å². The first-order valence-electron chi connectivity index (χ1n) is 7.63. The van der Waals surface area contributed by atoms with E-state index in [1.54, 1.807) is 18.7 Å². The summed E-state index contributed by atoms with van der Waals surface area (Å²) in [6.07, 6.45) is 1.85. The summed E-state index contributed by atoms with van der Waals surface area (Å²) in [5, 5.41) is 0. The molecule has 1 heterocycles. The van der Waals surface area contributed by atoms with E-state index in [-0.39, 0.29) is 18.1 Å². The van der Waals surface area contributed by atoms with Gasteiger partial charge in [-0.3, -0.25) is 9.59 Å². The Hall–Kier alpha value is -1.91. The van der Waals surface area contributed by atoms with Crippen molar-refractivity contribution in [3.05, 3.63) is 35.6 Å². The highest BCUT2D eigenvalue weighted by molar-refractivity contribution is 5.87. The van der Waals surface area contributed by atoms with Crippen LogP contribution in [0.4, 0.5) is 4.39 Å². The van der Waals surface area contributed by atoms with Crippen LogP contribution in [0.5, 0.6) is 0 Å². The molecule has 0 aliphatic carbocycles. The molecular weight excluding hydrogens is 283 g/mol. The molecule has 0 unspecified atom stereocenters. The first kappa shape index (κ1) is 16.5. The van der Waals surface area contributed by atoms with Gasteiger partial charge >= 0.3 is 0 Å². The number of likely N-dealkylation sites (tertiary alicyclic amines) is 1. The first-order chi connectivity index (χ1) is 10.3. The molecule has 22 heavy (non-hydrogen) atoms. The second-order valence-corrected chi connectivity index (χ2v) is 6.63. The van der Waals surface area contributed by atoms with Crippen molar-refractivity contribution in [2.75, 3.05) is 13.1 Å². The predicted octanol–water partition coefficient (Wildman–Crippen LogP) is 2.43. The van der Waals surface area contributed by atoms with Crippen LogP contribution in [0, 0.1) is 11.2 Å². The molecule has 120 valence electrons. The lowest BCUT2D eigenvalue weighted by Crippen LogP contribution is -2.42. The summed E-state index contributed by atoms with van der Waals surface area (Å²) in [4.78, 5) is 25.4. The van der Waals surface area contributed by atoms with E-state index < -0.39 is 11.3 Å². The average Bonchev–Trinajstić information content (AvgIpc) is 2.47. The summed E-state index contributed by atoms with van der Waals surface area (Å²) < 4.78 is 13.0. The van der Waals surface area contributed by atoms with E-state index in [2.05, 4.69) is 0 Å². The van der Waals surface area contributed by atoms with E-state index >= 15 is 0 Å². The Bertz CT molecular complexity index is 546. The highest BCUT2D eigenvalue weighted by Crippen LogP contribution is 2.29. The van der Waals surface area contributed by atoms with Gasteiger partial charge in [-0.15, -0.1) is 0 Å². The first-order valence-corrected chi connectivity index (χ1v) is 7.63. The van der Waals surface area contributed by atoms with Gasteiger partial charge in [0.2, 0.25) is 11.8 Å². The molecule has 4 nitrogen and oxygen atoms in total. The summed E-state index contributed by atoms with van der Waals surface area (Å²) in [6.45, 7) is 4.71. The van der Waals surface area contributed by atoms with E-state index in [0.717, 1.165) is 18.4 Å². The topological polar surface area (TPSA) is 63.4 Å². The van der Waals surface area contributed by atoms with Crippen molar-refractivity contribution < 1.29 is 14.0 Å². The molecule has 0 atom stereocenters. The fourth-order valence-electron chi connectivity index (χ4n) is 2.77. The van der Waals surface area contributed by atoms with Crippen LogP contribution >= 0.6 is 0 Å². The molecule has 0 radical (unpaired) electrons. The highest BCUT2D eigenvalue weighted by atomic mass is 19.1. The lowest BCUT2D eigenvalue weighted by Gasteiger charge is -2.34. The zero-order valence-corrected chi connectivity index (χ0v) is 13.1. The highest BCUT2D eigenvalue weighted by Gasteiger charge is 2.32. The summed E-state index contributed by atoms with van der Waals surface area (Å²) in [5.41, 5.74) is 5.62. The van der Waals surface area contributed by atoms with Crippen LogP contribution in [0.25, 0.3) is 0 Å². The van der Waals surface area contributed by atoms with E-state index in [1.165, 1.54) is 12.1 Å². The fraction of sp³-hybridized carbons (Fsp3) is 0.529. The molecule has 2 rings (SSSR count). The molecule has 1 aliphatic heterocycles. The van der Waals surface area contributed by atoms with Gasteiger partial charge in [-0.25, -0.2) is 4.39 Å². The Morgan fingerprint density at radius 3 is 2.27 bits per heavy atom. The smallest absolute Gasteiger partial charge is 0.223 e. The van der Waals surface area contributed by atoms with E-state index in [1.807, 2.05) is 12.1 Å². The molecule has 1 aromatic carbocycles. The van der Waals surface area contributed by atoms with Crippen LogP contribution in [0.1, 0.15) is 44.6 Å². The average molecular weight is 306 g/mol. The van der Waals surface area contributed by atoms with Crippen molar-refractivity contribution in [3.8, 4) is 0 Å². The second kappa shape index (κ2) is 6.46. The number of benzene rings is 1. The summed E-state index contributed by atoms with van der Waals surface area (Å²) in [6, 6.07) is 6.58. The predicted molar refractivity (Wildman–Crippen MR) is 82.5 cm³/mol. The van der Waals surface area contributed by atoms with Crippen LogP contribution in [0.15, 0.2) is 24.3 Å². The van der Waals surface area contributed by atoms with Gasteiger partial charge in [0, 0.05) is 19.5 Å². The Morgan fingerprint density at radius 2 is 1.77 bits per heavy atom. The minimum absolute atomic E-state index is 0.0265. The van der Waals surface area contributed by atoms with Gasteiger partial charge in [0.1, 0.15) is 5.82 Å². The molecule has 2 N–H and O–H groups in total. The molecule has 1 aromatic rings. The number of rotatable bonds is 4. The third kappa shape index (κ3) is 3.84. The fourth-order valence-corrected chi connectivity index (χ4v) is 2.77. The van der Waals surface area contributed by atoms with Crippen molar-refractivity contribution in [2.24, 2.45) is 11.1 Å². The molecule has 5 heteroatoms. The third-order valence-electron chi connectivity index (χ3n) is 4.45. The number of carbonyl (C=O) groups is 2. The quantitative estimate of drug-likeness (QED) is 0.928. The Morgan fingerprint density at radius 1 is 1.23 bits per heavy atom. The number of hydrogen-bond acceptors (Lipinski definition) is 2. The standard InChI is InChI=1S/C17H23FN2O2/c1-17(2,16(19)22)11-15(21)20-9-7-13(8-10-20)12-3-5-14(18)6-4-12/h3-6,13H,7-11H2,1-2H3,(H2,19,22). The molecule has 2 amide bonds. The largest absolute Gasteiger partial charge is 0.369 e. The van der Waals surface area contributed by atoms with Gasteiger partial charge in [-0.05, 0) is 36.5 Å². The molecule has 0 saturated carbocycles. The normalized spacial score (nSPS) is 16.6. The zero-order valence-electron chi connectivity index (χ0n) is 13.1. The van der Waals surface area contributed by atoms with E-state index in [9.17, 15) is 14.0 Å². The summed E-state index contributed by atoms with van der Waals surface area (Å²) in [7, 11) is 0. The molecule has 1 saturated heterocycles. The number of halogens is 1. The van der Waals surface area contributed by atoms with Gasteiger partial charge in [-0.1, -0.05) is 26.0 Å². The molecular formula is C17H23FN2O2. The van der Waals surface area contributed by atoms with E-state index in [4.69, 9.17) is 5.73 Å². The van der Waals surface area contributed by atoms with Crippen LogP contribution in [0.2, 0.25) is 0 Å². The van der Waals surface area contributed by atoms with Crippen molar-refractivity contribution in [1.82, 2.24) is 4.90 Å². The van der Waals surface area contributed by atoms with Gasteiger partial charge in [0.25, 0.3) is 0 Å². The number of amides is 2.